The molecule has 0 spiro atoms. The minimum atomic E-state index is -0.736. The molecule has 4 heteroatoms. The third-order valence-electron chi connectivity index (χ3n) is 2.00. The van der Waals surface area contributed by atoms with Crippen LogP contribution < -0.4 is 0 Å². The molecule has 0 aromatic carbocycles. The van der Waals surface area contributed by atoms with Crippen LogP contribution in [0.15, 0.2) is 0 Å². The van der Waals surface area contributed by atoms with Crippen LogP contribution in [-0.4, -0.2) is 42.3 Å². The van der Waals surface area contributed by atoms with Crippen LogP contribution in [-0.2, 0) is 4.79 Å². The van der Waals surface area contributed by atoms with Crippen molar-refractivity contribution in [2.45, 2.75) is 31.1 Å². The molecule has 1 aliphatic carbocycles. The van der Waals surface area contributed by atoms with E-state index < -0.39 is 5.97 Å². The van der Waals surface area contributed by atoms with Gasteiger partial charge in [0.25, 0.3) is 0 Å². The first-order valence-corrected chi connectivity index (χ1v) is 4.02. The van der Waals surface area contributed by atoms with Gasteiger partial charge in [-0.05, 0) is 12.8 Å². The van der Waals surface area contributed by atoms with Gasteiger partial charge < -0.3 is 5.11 Å². The number of carboxylic acid groups (broad SMARTS) is 1. The molecule has 2 unspecified atom stereocenters. The zero-order chi connectivity index (χ0) is 7.56. The molecule has 0 heterocycles. The topological polar surface area (TPSA) is 37.3 Å². The van der Waals surface area contributed by atoms with E-state index in [1.54, 1.807) is 0 Å². The van der Waals surface area contributed by atoms with E-state index in [0.29, 0.717) is 0 Å². The fraction of sp³-hybridized carbons (Fsp3) is 0.857. The van der Waals surface area contributed by atoms with Gasteiger partial charge in [0.1, 0.15) is 0 Å². The Morgan fingerprint density at radius 1 is 1.36 bits per heavy atom. The zero-order valence-corrected chi connectivity index (χ0v) is 6.47. The Bertz CT molecular complexity index is 140. The second kappa shape index (κ2) is 5.31. The van der Waals surface area contributed by atoms with Crippen LogP contribution in [0.3, 0.4) is 0 Å². The van der Waals surface area contributed by atoms with Crippen LogP contribution in [0.2, 0.25) is 0 Å². The molecule has 0 radical (unpaired) electrons. The summed E-state index contributed by atoms with van der Waals surface area (Å²) in [5.41, 5.74) is 0. The van der Waals surface area contributed by atoms with Crippen molar-refractivity contribution in [3.63, 3.8) is 0 Å². The maximum absolute atomic E-state index is 10.5. The van der Waals surface area contributed by atoms with Crippen LogP contribution in [0.4, 0.5) is 0 Å². The second-order valence-electron chi connectivity index (χ2n) is 2.75. The summed E-state index contributed by atoms with van der Waals surface area (Å²) in [6.07, 6.45) is 3.71. The molecule has 1 fully saturated rings. The molecule has 1 rings (SSSR count). The van der Waals surface area contributed by atoms with Crippen LogP contribution in [0.25, 0.3) is 0 Å². The molecule has 0 aromatic heterocycles. The maximum atomic E-state index is 10.5. The first-order chi connectivity index (χ1) is 4.72. The van der Waals surface area contributed by atoms with E-state index in [1.165, 1.54) is 0 Å². The number of hydrogen-bond donors (Lipinski definition) is 1. The molecule has 1 saturated carbocycles. The van der Waals surface area contributed by atoms with Crippen molar-refractivity contribution in [1.29, 1.82) is 0 Å². The van der Waals surface area contributed by atoms with Gasteiger partial charge in [-0.25, -0.2) is 0 Å². The van der Waals surface area contributed by atoms with Crippen molar-refractivity contribution < 1.29 is 9.90 Å². The van der Waals surface area contributed by atoms with E-state index >= 15 is 0 Å². The SMILES string of the molecule is O=C(O)C1CCCCC1Cl.[InH3]. The van der Waals surface area contributed by atoms with Crippen LogP contribution in [0.1, 0.15) is 25.7 Å². The van der Waals surface area contributed by atoms with Crippen molar-refractivity contribution >= 4 is 43.4 Å². The number of carbonyl (C=O) groups is 1. The number of rotatable bonds is 1. The molecule has 1 aliphatic rings. The normalized spacial score (nSPS) is 30.6. The Morgan fingerprint density at radius 2 is 1.91 bits per heavy atom. The number of aliphatic carboxylic acids is 1. The monoisotopic (exact) mass is 280 g/mol. The van der Waals surface area contributed by atoms with Crippen molar-refractivity contribution in [2.24, 2.45) is 5.92 Å². The van der Waals surface area contributed by atoms with Gasteiger partial charge in [-0.2, -0.15) is 0 Å². The molecule has 2 nitrogen and oxygen atoms in total. The van der Waals surface area contributed by atoms with Crippen molar-refractivity contribution in [3.8, 4) is 0 Å². The van der Waals surface area contributed by atoms with E-state index in [4.69, 9.17) is 16.7 Å². The summed E-state index contributed by atoms with van der Waals surface area (Å²) < 4.78 is 0. The van der Waals surface area contributed by atoms with E-state index in [1.807, 2.05) is 0 Å². The van der Waals surface area contributed by atoms with Crippen LogP contribution in [0.5, 0.6) is 0 Å². The van der Waals surface area contributed by atoms with Gasteiger partial charge in [-0.3, -0.25) is 4.79 Å². The summed E-state index contributed by atoms with van der Waals surface area (Å²) in [7, 11) is 0. The van der Waals surface area contributed by atoms with E-state index in [2.05, 4.69) is 0 Å². The second-order valence-corrected chi connectivity index (χ2v) is 3.31. The average molecular weight is 280 g/mol. The molecule has 1 N–H and O–H groups in total. The van der Waals surface area contributed by atoms with Crippen LogP contribution >= 0.6 is 11.6 Å². The van der Waals surface area contributed by atoms with Crippen molar-refractivity contribution in [1.82, 2.24) is 0 Å². The number of hydrogen-bond acceptors (Lipinski definition) is 1. The Balaban J connectivity index is 0.000001000. The van der Waals surface area contributed by atoms with E-state index in [-0.39, 0.29) is 37.1 Å². The molecular formula is C7H14ClInO2. The molecule has 0 aromatic rings. The molecule has 11 heavy (non-hydrogen) atoms. The Kier molecular flexibility index (Phi) is 5.61. The Hall–Kier alpha value is 0.630. The summed E-state index contributed by atoms with van der Waals surface area (Å²) in [4.78, 5) is 10.5. The molecule has 0 bridgehead atoms. The van der Waals surface area contributed by atoms with Gasteiger partial charge in [-0.15, -0.1) is 11.6 Å². The molecule has 64 valence electrons. The van der Waals surface area contributed by atoms with Gasteiger partial charge in [0.2, 0.25) is 0 Å². The number of alkyl halides is 1. The van der Waals surface area contributed by atoms with Gasteiger partial charge in [0.05, 0.1) is 5.92 Å². The molecule has 0 aliphatic heterocycles. The first kappa shape index (κ1) is 11.6. The summed E-state index contributed by atoms with van der Waals surface area (Å²) in [5, 5.41) is 8.49. The Morgan fingerprint density at radius 3 is 2.27 bits per heavy atom. The summed E-state index contributed by atoms with van der Waals surface area (Å²) in [6.45, 7) is 0. The standard InChI is InChI=1S/C7H11ClO2.In.3H/c8-6-4-2-1-3-5(6)7(9)10;;;;/h5-6H,1-4H2,(H,9,10);;;;. The fourth-order valence-corrected chi connectivity index (χ4v) is 1.75. The predicted octanol–water partition coefficient (Wildman–Crippen LogP) is 0.685. The minimum absolute atomic E-state index is 0. The van der Waals surface area contributed by atoms with E-state index in [0.717, 1.165) is 25.7 Å². The van der Waals surface area contributed by atoms with Crippen molar-refractivity contribution in [3.05, 3.63) is 0 Å². The van der Waals surface area contributed by atoms with Gasteiger partial charge in [-0.1, -0.05) is 12.8 Å². The summed E-state index contributed by atoms with van der Waals surface area (Å²) in [6, 6.07) is 0. The first-order valence-electron chi connectivity index (χ1n) is 3.58. The molecule has 0 amide bonds. The molecular weight excluding hydrogens is 266 g/mol. The van der Waals surface area contributed by atoms with E-state index in [9.17, 15) is 4.79 Å². The Labute approximate surface area is 90.1 Å². The number of halogens is 1. The third kappa shape index (κ3) is 3.24. The third-order valence-corrected chi connectivity index (χ3v) is 2.52. The quantitative estimate of drug-likeness (QED) is 0.718. The summed E-state index contributed by atoms with van der Waals surface area (Å²) in [5.74, 6) is -1.03. The van der Waals surface area contributed by atoms with Crippen LogP contribution in [0, 0.1) is 5.92 Å². The predicted molar refractivity (Wildman–Crippen MR) is 49.2 cm³/mol. The fourth-order valence-electron chi connectivity index (χ4n) is 1.36. The van der Waals surface area contributed by atoms with Crippen molar-refractivity contribution in [2.75, 3.05) is 0 Å². The average Bonchev–Trinajstić information content (AvgIpc) is 1.88. The number of carboxylic acids is 1. The molecule has 2 atom stereocenters. The van der Waals surface area contributed by atoms with Gasteiger partial charge in [0.15, 0.2) is 0 Å². The zero-order valence-electron chi connectivity index (χ0n) is 5.72. The van der Waals surface area contributed by atoms with Gasteiger partial charge in [0, 0.05) is 5.38 Å². The van der Waals surface area contributed by atoms with Gasteiger partial charge >= 0.3 is 31.8 Å². The molecule has 0 saturated heterocycles. The summed E-state index contributed by atoms with van der Waals surface area (Å²) >= 11 is 5.80.